The molecular weight excluding hydrogens is 348 g/mol. The number of hydrogen-bond acceptors (Lipinski definition) is 3. The number of allylic oxidation sites excluding steroid dienone is 1. The van der Waals surface area contributed by atoms with E-state index in [9.17, 15) is 9.59 Å². The van der Waals surface area contributed by atoms with Crippen LogP contribution in [0, 0.1) is 23.2 Å². The topological polar surface area (TPSA) is 40.6 Å². The van der Waals surface area contributed by atoms with Gasteiger partial charge in [-0.15, -0.1) is 0 Å². The van der Waals surface area contributed by atoms with Crippen molar-refractivity contribution in [1.29, 1.82) is 0 Å². The zero-order valence-electron chi connectivity index (χ0n) is 18.9. The van der Waals surface area contributed by atoms with E-state index in [1.807, 2.05) is 13.8 Å². The van der Waals surface area contributed by atoms with Crippen LogP contribution in [0.1, 0.15) is 86.0 Å². The Labute approximate surface area is 172 Å². The van der Waals surface area contributed by atoms with Gasteiger partial charge in [-0.3, -0.25) is 14.5 Å². The molecule has 2 amide bonds. The summed E-state index contributed by atoms with van der Waals surface area (Å²) in [6.07, 6.45) is 8.29. The third-order valence-electron chi connectivity index (χ3n) is 7.07. The van der Waals surface area contributed by atoms with Crippen molar-refractivity contribution in [2.45, 2.75) is 86.0 Å². The van der Waals surface area contributed by atoms with Gasteiger partial charge in [0.15, 0.2) is 0 Å². The SMILES string of the molecule is C=C(CCCCCN1C(=O)CC(C(C)C)C1=O)N1CCC(C(C)(C)CCC)C1. The van der Waals surface area contributed by atoms with E-state index in [2.05, 4.69) is 32.3 Å². The highest BCUT2D eigenvalue weighted by Gasteiger charge is 2.39. The van der Waals surface area contributed by atoms with Gasteiger partial charge in [0.05, 0.1) is 0 Å². The number of rotatable bonds is 11. The lowest BCUT2D eigenvalue weighted by atomic mass is 9.75. The normalized spacial score (nSPS) is 23.4. The van der Waals surface area contributed by atoms with E-state index in [1.165, 1.54) is 29.9 Å². The second-order valence-corrected chi connectivity index (χ2v) is 9.99. The Bertz CT molecular complexity index is 567. The fraction of sp³-hybridized carbons (Fsp3) is 0.833. The zero-order valence-corrected chi connectivity index (χ0v) is 18.9. The third kappa shape index (κ3) is 5.61. The third-order valence-corrected chi connectivity index (χ3v) is 7.07. The summed E-state index contributed by atoms with van der Waals surface area (Å²) >= 11 is 0. The van der Waals surface area contributed by atoms with Crippen LogP contribution in [-0.4, -0.2) is 41.2 Å². The maximum Gasteiger partial charge on any atom is 0.233 e. The molecule has 28 heavy (non-hydrogen) atoms. The van der Waals surface area contributed by atoms with E-state index in [0.29, 0.717) is 18.4 Å². The summed E-state index contributed by atoms with van der Waals surface area (Å²) in [7, 11) is 0. The van der Waals surface area contributed by atoms with Gasteiger partial charge in [-0.1, -0.05) is 54.0 Å². The van der Waals surface area contributed by atoms with Gasteiger partial charge in [-0.2, -0.15) is 0 Å². The highest BCUT2D eigenvalue weighted by Crippen LogP contribution is 2.39. The molecule has 0 N–H and O–H groups in total. The average Bonchev–Trinajstić information content (AvgIpc) is 3.22. The molecule has 0 radical (unpaired) electrons. The molecule has 0 aromatic heterocycles. The minimum Gasteiger partial charge on any atom is -0.375 e. The van der Waals surface area contributed by atoms with Crippen molar-refractivity contribution in [3.63, 3.8) is 0 Å². The van der Waals surface area contributed by atoms with Crippen LogP contribution in [0.4, 0.5) is 0 Å². The number of likely N-dealkylation sites (tertiary alicyclic amines) is 2. The smallest absolute Gasteiger partial charge is 0.233 e. The molecule has 2 aliphatic rings. The van der Waals surface area contributed by atoms with Crippen LogP contribution in [0.3, 0.4) is 0 Å². The van der Waals surface area contributed by atoms with Crippen LogP contribution in [0.5, 0.6) is 0 Å². The molecule has 2 fully saturated rings. The van der Waals surface area contributed by atoms with Crippen LogP contribution in [0.15, 0.2) is 12.3 Å². The van der Waals surface area contributed by atoms with Crippen LogP contribution in [0.25, 0.3) is 0 Å². The minimum atomic E-state index is -0.104. The van der Waals surface area contributed by atoms with Crippen molar-refractivity contribution >= 4 is 11.8 Å². The molecule has 160 valence electrons. The second-order valence-electron chi connectivity index (χ2n) is 9.99. The van der Waals surface area contributed by atoms with Crippen LogP contribution < -0.4 is 0 Å². The van der Waals surface area contributed by atoms with Crippen molar-refractivity contribution in [1.82, 2.24) is 9.80 Å². The quantitative estimate of drug-likeness (QED) is 0.358. The van der Waals surface area contributed by atoms with Gasteiger partial charge < -0.3 is 4.90 Å². The minimum absolute atomic E-state index is 0.0194. The standard InChI is InChI=1S/C24H42N2O2/c1-7-13-24(5,6)20-12-15-25(17-20)19(4)11-9-8-10-14-26-22(27)16-21(18(2)3)23(26)28/h18,20-21H,4,7-17H2,1-3,5-6H3. The van der Waals surface area contributed by atoms with Crippen molar-refractivity contribution in [2.24, 2.45) is 23.2 Å². The summed E-state index contributed by atoms with van der Waals surface area (Å²) in [5, 5.41) is 0. The molecule has 2 saturated heterocycles. The predicted octanol–water partition coefficient (Wildman–Crippen LogP) is 5.24. The lowest BCUT2D eigenvalue weighted by molar-refractivity contribution is -0.139. The number of imide groups is 1. The van der Waals surface area contributed by atoms with Crippen LogP contribution in [-0.2, 0) is 9.59 Å². The second kappa shape index (κ2) is 9.93. The Morgan fingerprint density at radius 2 is 1.93 bits per heavy atom. The van der Waals surface area contributed by atoms with Crippen LogP contribution >= 0.6 is 0 Å². The van der Waals surface area contributed by atoms with Crippen molar-refractivity contribution < 1.29 is 9.59 Å². The van der Waals surface area contributed by atoms with E-state index < -0.39 is 0 Å². The first-order chi connectivity index (χ1) is 13.2. The maximum absolute atomic E-state index is 12.3. The van der Waals surface area contributed by atoms with Gasteiger partial charge in [0, 0.05) is 37.7 Å². The summed E-state index contributed by atoms with van der Waals surface area (Å²) in [4.78, 5) is 28.4. The molecule has 0 bridgehead atoms. The first-order valence-electron chi connectivity index (χ1n) is 11.4. The number of carbonyl (C=O) groups excluding carboxylic acids is 2. The van der Waals surface area contributed by atoms with Crippen molar-refractivity contribution in [2.75, 3.05) is 19.6 Å². The molecular formula is C24H42N2O2. The lowest BCUT2D eigenvalue weighted by Crippen LogP contribution is -2.32. The summed E-state index contributed by atoms with van der Waals surface area (Å²) in [5.74, 6) is 0.974. The van der Waals surface area contributed by atoms with E-state index in [4.69, 9.17) is 0 Å². The Kier molecular flexibility index (Phi) is 8.15. The largest absolute Gasteiger partial charge is 0.375 e. The first kappa shape index (κ1) is 23.0. The number of nitrogens with zero attached hydrogens (tertiary/aromatic N) is 2. The molecule has 4 heteroatoms. The van der Waals surface area contributed by atoms with Crippen LogP contribution in [0.2, 0.25) is 0 Å². The van der Waals surface area contributed by atoms with Gasteiger partial charge in [0.2, 0.25) is 11.8 Å². The number of amides is 2. The van der Waals surface area contributed by atoms with Gasteiger partial charge in [-0.05, 0) is 49.4 Å². The fourth-order valence-corrected chi connectivity index (χ4v) is 4.93. The van der Waals surface area contributed by atoms with E-state index >= 15 is 0 Å². The first-order valence-corrected chi connectivity index (χ1v) is 11.4. The Morgan fingerprint density at radius 1 is 1.21 bits per heavy atom. The molecule has 0 saturated carbocycles. The highest BCUT2D eigenvalue weighted by molar-refractivity contribution is 6.03. The lowest BCUT2D eigenvalue weighted by Gasteiger charge is -2.32. The number of unbranched alkanes of at least 4 members (excludes halogenated alkanes) is 2. The van der Waals surface area contributed by atoms with E-state index in [-0.39, 0.29) is 23.7 Å². The summed E-state index contributed by atoms with van der Waals surface area (Å²) in [6.45, 7) is 18.4. The molecule has 0 aliphatic carbocycles. The molecule has 2 heterocycles. The molecule has 0 aromatic carbocycles. The fourth-order valence-electron chi connectivity index (χ4n) is 4.93. The van der Waals surface area contributed by atoms with Crippen molar-refractivity contribution in [3.05, 3.63) is 12.3 Å². The molecule has 2 unspecified atom stereocenters. The number of carbonyl (C=O) groups is 2. The Balaban J connectivity index is 1.66. The molecule has 2 rings (SSSR count). The van der Waals surface area contributed by atoms with Gasteiger partial charge >= 0.3 is 0 Å². The van der Waals surface area contributed by atoms with Gasteiger partial charge in [0.1, 0.15) is 0 Å². The molecule has 0 spiro atoms. The summed E-state index contributed by atoms with van der Waals surface area (Å²) in [5.41, 5.74) is 1.69. The summed E-state index contributed by atoms with van der Waals surface area (Å²) in [6, 6.07) is 0. The molecule has 2 aliphatic heterocycles. The molecule has 0 aromatic rings. The Hall–Kier alpha value is -1.32. The molecule has 2 atom stereocenters. The van der Waals surface area contributed by atoms with E-state index in [1.54, 1.807) is 0 Å². The predicted molar refractivity (Wildman–Crippen MR) is 116 cm³/mol. The monoisotopic (exact) mass is 390 g/mol. The van der Waals surface area contributed by atoms with E-state index in [0.717, 1.165) is 44.7 Å². The average molecular weight is 391 g/mol. The maximum atomic E-state index is 12.3. The van der Waals surface area contributed by atoms with Crippen molar-refractivity contribution in [3.8, 4) is 0 Å². The highest BCUT2D eigenvalue weighted by atomic mass is 16.2. The Morgan fingerprint density at radius 3 is 2.54 bits per heavy atom. The number of hydrogen-bond donors (Lipinski definition) is 0. The van der Waals surface area contributed by atoms with Gasteiger partial charge in [-0.25, -0.2) is 0 Å². The summed E-state index contributed by atoms with van der Waals surface area (Å²) < 4.78 is 0. The molecule has 4 nitrogen and oxygen atoms in total. The zero-order chi connectivity index (χ0) is 20.9. The van der Waals surface area contributed by atoms with Gasteiger partial charge in [0.25, 0.3) is 0 Å².